The third-order valence-electron chi connectivity index (χ3n) is 5.57. The predicted molar refractivity (Wildman–Crippen MR) is 107 cm³/mol. The molecule has 1 aliphatic heterocycles. The van der Waals surface area contributed by atoms with E-state index < -0.39 is 6.04 Å². The van der Waals surface area contributed by atoms with Gasteiger partial charge in [-0.05, 0) is 31.1 Å². The van der Waals surface area contributed by atoms with Crippen LogP contribution in [0, 0.1) is 11.8 Å². The van der Waals surface area contributed by atoms with Gasteiger partial charge in [-0.2, -0.15) is 0 Å². The third-order valence-corrected chi connectivity index (χ3v) is 5.57. The van der Waals surface area contributed by atoms with Gasteiger partial charge in [-0.25, -0.2) is 0 Å². The molecule has 3 amide bonds. The Balaban J connectivity index is 0.00000364. The van der Waals surface area contributed by atoms with E-state index in [9.17, 15) is 14.4 Å². The van der Waals surface area contributed by atoms with E-state index in [1.165, 1.54) is 25.7 Å². The van der Waals surface area contributed by atoms with E-state index in [0.717, 1.165) is 6.42 Å². The quantitative estimate of drug-likeness (QED) is 0.696. The number of rotatable bonds is 6. The van der Waals surface area contributed by atoms with Gasteiger partial charge in [-0.3, -0.25) is 14.4 Å². The minimum Gasteiger partial charge on any atom is -0.346 e. The second-order valence-electron chi connectivity index (χ2n) is 7.96. The molecule has 0 unspecified atom stereocenters. The van der Waals surface area contributed by atoms with Crippen LogP contribution >= 0.6 is 12.4 Å². The van der Waals surface area contributed by atoms with Crippen molar-refractivity contribution in [2.24, 2.45) is 17.6 Å². The van der Waals surface area contributed by atoms with E-state index in [1.54, 1.807) is 4.90 Å². The molecule has 1 saturated heterocycles. The minimum atomic E-state index is -0.601. The molecule has 1 saturated carbocycles. The topological polar surface area (TPSA) is 95.7 Å². The van der Waals surface area contributed by atoms with Crippen LogP contribution in [0.15, 0.2) is 0 Å². The maximum atomic E-state index is 12.5. The SMILES string of the molecule is CC(C)[C@H](N)C(=O)NCC(=O)N1CCCN(C(=O)CC2CCCC2)CC1.Cl. The van der Waals surface area contributed by atoms with Gasteiger partial charge in [0.25, 0.3) is 0 Å². The molecule has 0 spiro atoms. The maximum Gasteiger partial charge on any atom is 0.242 e. The van der Waals surface area contributed by atoms with E-state index in [-0.39, 0.29) is 42.6 Å². The Bertz CT molecular complexity index is 509. The number of halogens is 1. The average molecular weight is 403 g/mol. The number of hydrogen-bond acceptors (Lipinski definition) is 4. The first-order chi connectivity index (χ1) is 12.4. The summed E-state index contributed by atoms with van der Waals surface area (Å²) in [6.45, 7) is 6.15. The third kappa shape index (κ3) is 7.30. The Labute approximate surface area is 168 Å². The highest BCUT2D eigenvalue weighted by Gasteiger charge is 2.26. The molecule has 0 aromatic rings. The number of nitrogens with two attached hydrogens (primary N) is 1. The summed E-state index contributed by atoms with van der Waals surface area (Å²) in [5.41, 5.74) is 5.79. The van der Waals surface area contributed by atoms with Crippen molar-refractivity contribution >= 4 is 30.1 Å². The normalized spacial score (nSPS) is 19.4. The predicted octanol–water partition coefficient (Wildman–Crippen LogP) is 1.15. The fourth-order valence-electron chi connectivity index (χ4n) is 3.70. The second-order valence-corrected chi connectivity index (χ2v) is 7.96. The Morgan fingerprint density at radius 1 is 0.963 bits per heavy atom. The number of carbonyl (C=O) groups is 3. The number of amides is 3. The van der Waals surface area contributed by atoms with Crippen LogP contribution in [0.3, 0.4) is 0 Å². The van der Waals surface area contributed by atoms with Crippen molar-refractivity contribution in [2.75, 3.05) is 32.7 Å². The highest BCUT2D eigenvalue weighted by Crippen LogP contribution is 2.28. The fraction of sp³-hybridized carbons (Fsp3) is 0.842. The smallest absolute Gasteiger partial charge is 0.242 e. The molecule has 0 radical (unpaired) electrons. The van der Waals surface area contributed by atoms with Gasteiger partial charge in [-0.1, -0.05) is 26.7 Å². The van der Waals surface area contributed by atoms with Crippen molar-refractivity contribution in [1.82, 2.24) is 15.1 Å². The lowest BCUT2D eigenvalue weighted by Crippen LogP contribution is -2.48. The van der Waals surface area contributed by atoms with Gasteiger partial charge in [0.05, 0.1) is 12.6 Å². The van der Waals surface area contributed by atoms with Gasteiger partial charge in [0.1, 0.15) is 0 Å². The number of carbonyl (C=O) groups excluding carboxylic acids is 3. The van der Waals surface area contributed by atoms with Crippen LogP contribution < -0.4 is 11.1 Å². The zero-order chi connectivity index (χ0) is 19.1. The molecule has 1 atom stereocenters. The molecule has 0 aromatic heterocycles. The molecule has 27 heavy (non-hydrogen) atoms. The molecule has 2 fully saturated rings. The van der Waals surface area contributed by atoms with Crippen molar-refractivity contribution in [3.05, 3.63) is 0 Å². The zero-order valence-electron chi connectivity index (χ0n) is 16.6. The number of hydrogen-bond donors (Lipinski definition) is 2. The van der Waals surface area contributed by atoms with E-state index in [0.29, 0.717) is 38.5 Å². The first kappa shape index (κ1) is 23.7. The molecule has 1 aliphatic carbocycles. The van der Waals surface area contributed by atoms with Crippen molar-refractivity contribution in [2.45, 2.75) is 58.4 Å². The van der Waals surface area contributed by atoms with Gasteiger partial charge >= 0.3 is 0 Å². The maximum absolute atomic E-state index is 12.5. The summed E-state index contributed by atoms with van der Waals surface area (Å²) in [5, 5.41) is 2.63. The highest BCUT2D eigenvalue weighted by molar-refractivity contribution is 5.87. The molecular formula is C19H35ClN4O3. The van der Waals surface area contributed by atoms with Crippen LogP contribution in [0.4, 0.5) is 0 Å². The molecule has 156 valence electrons. The van der Waals surface area contributed by atoms with Crippen LogP contribution in [0.2, 0.25) is 0 Å². The molecule has 3 N–H and O–H groups in total. The molecule has 0 bridgehead atoms. The summed E-state index contributed by atoms with van der Waals surface area (Å²) in [4.78, 5) is 40.4. The number of nitrogens with zero attached hydrogens (tertiary/aromatic N) is 2. The van der Waals surface area contributed by atoms with E-state index in [4.69, 9.17) is 5.73 Å². The van der Waals surface area contributed by atoms with E-state index in [1.807, 2.05) is 18.7 Å². The van der Waals surface area contributed by atoms with Gasteiger partial charge < -0.3 is 20.9 Å². The van der Waals surface area contributed by atoms with Crippen molar-refractivity contribution < 1.29 is 14.4 Å². The van der Waals surface area contributed by atoms with Gasteiger partial charge in [-0.15, -0.1) is 12.4 Å². The van der Waals surface area contributed by atoms with Crippen LogP contribution in [-0.2, 0) is 14.4 Å². The Hall–Kier alpha value is -1.34. The molecule has 0 aromatic carbocycles. The summed E-state index contributed by atoms with van der Waals surface area (Å²) in [5.74, 6) is 0.393. The summed E-state index contributed by atoms with van der Waals surface area (Å²) >= 11 is 0. The fourth-order valence-corrected chi connectivity index (χ4v) is 3.70. The largest absolute Gasteiger partial charge is 0.346 e. The van der Waals surface area contributed by atoms with Crippen LogP contribution in [-0.4, -0.2) is 66.3 Å². The summed E-state index contributed by atoms with van der Waals surface area (Å²) in [6, 6.07) is -0.601. The molecule has 2 aliphatic rings. The Morgan fingerprint density at radius 2 is 1.52 bits per heavy atom. The first-order valence-electron chi connectivity index (χ1n) is 9.97. The average Bonchev–Trinajstić information content (AvgIpc) is 2.99. The van der Waals surface area contributed by atoms with Crippen LogP contribution in [0.1, 0.15) is 52.4 Å². The standard InChI is InChI=1S/C19H34N4O3.ClH/c1-14(2)18(20)19(26)21-13-17(25)23-9-5-8-22(10-11-23)16(24)12-15-6-3-4-7-15;/h14-15,18H,3-13,20H2,1-2H3,(H,21,26);1H/t18-;/m0./s1. The van der Waals surface area contributed by atoms with Gasteiger partial charge in [0.2, 0.25) is 17.7 Å². The molecule has 8 heteroatoms. The second kappa shape index (κ2) is 11.5. The van der Waals surface area contributed by atoms with Gasteiger partial charge in [0, 0.05) is 32.6 Å². The number of nitrogens with one attached hydrogen (secondary N) is 1. The molecule has 7 nitrogen and oxygen atoms in total. The Morgan fingerprint density at radius 3 is 2.07 bits per heavy atom. The molecule has 2 rings (SSSR count). The van der Waals surface area contributed by atoms with Crippen LogP contribution in [0.5, 0.6) is 0 Å². The molecular weight excluding hydrogens is 368 g/mol. The zero-order valence-corrected chi connectivity index (χ0v) is 17.4. The van der Waals surface area contributed by atoms with Gasteiger partial charge in [0.15, 0.2) is 0 Å². The lowest BCUT2D eigenvalue weighted by Gasteiger charge is -2.23. The van der Waals surface area contributed by atoms with Crippen molar-refractivity contribution in [3.63, 3.8) is 0 Å². The van der Waals surface area contributed by atoms with E-state index in [2.05, 4.69) is 5.32 Å². The van der Waals surface area contributed by atoms with Crippen molar-refractivity contribution in [1.29, 1.82) is 0 Å². The lowest BCUT2D eigenvalue weighted by molar-refractivity contribution is -0.134. The summed E-state index contributed by atoms with van der Waals surface area (Å²) < 4.78 is 0. The van der Waals surface area contributed by atoms with Crippen molar-refractivity contribution in [3.8, 4) is 0 Å². The lowest BCUT2D eigenvalue weighted by atomic mass is 10.0. The monoisotopic (exact) mass is 402 g/mol. The Kier molecular flexibility index (Phi) is 10.1. The first-order valence-corrected chi connectivity index (χ1v) is 9.97. The highest BCUT2D eigenvalue weighted by atomic mass is 35.5. The van der Waals surface area contributed by atoms with E-state index >= 15 is 0 Å². The minimum absolute atomic E-state index is 0. The van der Waals surface area contributed by atoms with Crippen LogP contribution in [0.25, 0.3) is 0 Å². The summed E-state index contributed by atoms with van der Waals surface area (Å²) in [7, 11) is 0. The summed E-state index contributed by atoms with van der Waals surface area (Å²) in [6.07, 6.45) is 6.25. The molecule has 1 heterocycles.